The Morgan fingerprint density at radius 2 is 1.94 bits per heavy atom. The van der Waals surface area contributed by atoms with Crippen LogP contribution in [-0.2, 0) is 4.79 Å². The minimum atomic E-state index is -0.817. The number of halogens is 1. The number of carbonyl (C=O) groups is 1. The van der Waals surface area contributed by atoms with Crippen molar-refractivity contribution in [2.45, 2.75) is 39.3 Å². The highest BCUT2D eigenvalue weighted by Gasteiger charge is 2.21. The molecule has 2 N–H and O–H groups in total. The Balaban J connectivity index is 2.75. The highest BCUT2D eigenvalue weighted by atomic mass is 35.5. The Hall–Kier alpha value is -1.06. The van der Waals surface area contributed by atoms with Crippen LogP contribution in [0.25, 0.3) is 0 Å². The Morgan fingerprint density at radius 3 is 2.44 bits per heavy atom. The molecule has 0 amide bonds. The topological polar surface area (TPSA) is 49.3 Å². The van der Waals surface area contributed by atoms with Crippen molar-refractivity contribution in [3.63, 3.8) is 0 Å². The molecule has 0 aromatic heterocycles. The van der Waals surface area contributed by atoms with Gasteiger partial charge in [-0.1, -0.05) is 43.6 Å². The lowest BCUT2D eigenvalue weighted by Crippen LogP contribution is -2.39. The average molecular weight is 270 g/mol. The zero-order chi connectivity index (χ0) is 13.7. The molecule has 100 valence electrons. The summed E-state index contributed by atoms with van der Waals surface area (Å²) in [5, 5.41) is 13.0. The van der Waals surface area contributed by atoms with Crippen LogP contribution in [0.1, 0.15) is 38.8 Å². The van der Waals surface area contributed by atoms with Crippen molar-refractivity contribution in [3.8, 4) is 0 Å². The zero-order valence-corrected chi connectivity index (χ0v) is 11.7. The van der Waals surface area contributed by atoms with Crippen molar-refractivity contribution < 1.29 is 9.90 Å². The molecule has 1 aromatic carbocycles. The summed E-state index contributed by atoms with van der Waals surface area (Å²) in [6.45, 7) is 5.95. The van der Waals surface area contributed by atoms with Crippen LogP contribution in [0.3, 0.4) is 0 Å². The number of nitrogens with one attached hydrogen (secondary N) is 1. The van der Waals surface area contributed by atoms with Crippen LogP contribution < -0.4 is 5.32 Å². The van der Waals surface area contributed by atoms with Gasteiger partial charge in [-0.3, -0.25) is 10.1 Å². The van der Waals surface area contributed by atoms with Crippen LogP contribution >= 0.6 is 11.6 Å². The lowest BCUT2D eigenvalue weighted by Gasteiger charge is -2.22. The molecule has 3 nitrogen and oxygen atoms in total. The molecule has 0 aliphatic carbocycles. The van der Waals surface area contributed by atoms with E-state index in [-0.39, 0.29) is 6.04 Å². The summed E-state index contributed by atoms with van der Waals surface area (Å²) in [5.74, 6) is -0.486. The van der Waals surface area contributed by atoms with Crippen LogP contribution in [0.15, 0.2) is 24.3 Å². The fourth-order valence-corrected chi connectivity index (χ4v) is 2.23. The monoisotopic (exact) mass is 269 g/mol. The molecule has 0 aliphatic heterocycles. The molecular formula is C14H20ClNO2. The minimum absolute atomic E-state index is 0.0847. The quantitative estimate of drug-likeness (QED) is 0.831. The standard InChI is InChI=1S/C14H20ClNO2/c1-9(2)8-13(14(17)18)16-10(3)11-6-4-5-7-12(11)15/h4-7,9-10,13,16H,8H2,1-3H3,(H,17,18). The molecule has 0 heterocycles. The van der Waals surface area contributed by atoms with Crippen LogP contribution in [-0.4, -0.2) is 17.1 Å². The molecule has 0 spiro atoms. The van der Waals surface area contributed by atoms with E-state index in [0.29, 0.717) is 17.4 Å². The summed E-state index contributed by atoms with van der Waals surface area (Å²) >= 11 is 6.10. The van der Waals surface area contributed by atoms with Crippen LogP contribution in [0.4, 0.5) is 0 Å². The highest BCUT2D eigenvalue weighted by molar-refractivity contribution is 6.31. The van der Waals surface area contributed by atoms with Gasteiger partial charge in [0.2, 0.25) is 0 Å². The molecule has 4 heteroatoms. The maximum absolute atomic E-state index is 11.2. The van der Waals surface area contributed by atoms with Crippen LogP contribution in [0.2, 0.25) is 5.02 Å². The van der Waals surface area contributed by atoms with Crippen molar-refractivity contribution in [2.75, 3.05) is 0 Å². The first-order chi connectivity index (χ1) is 8.41. The molecule has 2 unspecified atom stereocenters. The summed E-state index contributed by atoms with van der Waals surface area (Å²) in [6, 6.07) is 6.86. The first kappa shape index (κ1) is 15.0. The van der Waals surface area contributed by atoms with Crippen molar-refractivity contribution in [3.05, 3.63) is 34.9 Å². The van der Waals surface area contributed by atoms with Gasteiger partial charge in [0.1, 0.15) is 6.04 Å². The van der Waals surface area contributed by atoms with Gasteiger partial charge < -0.3 is 5.11 Å². The normalized spacial score (nSPS) is 14.5. The number of aliphatic carboxylic acids is 1. The molecule has 0 bridgehead atoms. The van der Waals surface area contributed by atoms with Gasteiger partial charge >= 0.3 is 5.97 Å². The second-order valence-electron chi connectivity index (χ2n) is 4.93. The van der Waals surface area contributed by atoms with Crippen molar-refractivity contribution in [2.24, 2.45) is 5.92 Å². The number of carboxylic acids is 1. The van der Waals surface area contributed by atoms with Gasteiger partial charge in [0, 0.05) is 11.1 Å². The van der Waals surface area contributed by atoms with E-state index in [1.54, 1.807) is 0 Å². The lowest BCUT2D eigenvalue weighted by atomic mass is 10.0. The van der Waals surface area contributed by atoms with E-state index in [1.807, 2.05) is 45.0 Å². The van der Waals surface area contributed by atoms with E-state index < -0.39 is 12.0 Å². The van der Waals surface area contributed by atoms with E-state index in [9.17, 15) is 9.90 Å². The van der Waals surface area contributed by atoms with Gasteiger partial charge in [0.05, 0.1) is 0 Å². The van der Waals surface area contributed by atoms with Crippen molar-refractivity contribution in [1.29, 1.82) is 0 Å². The maximum atomic E-state index is 11.2. The third-order valence-corrected chi connectivity index (χ3v) is 3.17. The fourth-order valence-electron chi connectivity index (χ4n) is 1.93. The van der Waals surface area contributed by atoms with E-state index in [1.165, 1.54) is 0 Å². The fraction of sp³-hybridized carbons (Fsp3) is 0.500. The molecule has 0 saturated carbocycles. The average Bonchev–Trinajstić information content (AvgIpc) is 2.27. The number of carboxylic acid groups (broad SMARTS) is 1. The predicted octanol–water partition coefficient (Wildman–Crippen LogP) is 3.49. The van der Waals surface area contributed by atoms with Crippen molar-refractivity contribution >= 4 is 17.6 Å². The third kappa shape index (κ3) is 4.31. The molecule has 0 aliphatic rings. The van der Waals surface area contributed by atoms with Gasteiger partial charge in [0.15, 0.2) is 0 Å². The van der Waals surface area contributed by atoms with Crippen LogP contribution in [0, 0.1) is 5.92 Å². The number of rotatable bonds is 6. The summed E-state index contributed by atoms with van der Waals surface area (Å²) in [7, 11) is 0. The van der Waals surface area contributed by atoms with Gasteiger partial charge in [-0.05, 0) is 30.9 Å². The van der Waals surface area contributed by atoms with E-state index in [0.717, 1.165) is 5.56 Å². The Bertz CT molecular complexity index is 407. The maximum Gasteiger partial charge on any atom is 0.320 e. The van der Waals surface area contributed by atoms with Gasteiger partial charge in [0.25, 0.3) is 0 Å². The molecule has 1 rings (SSSR count). The second-order valence-corrected chi connectivity index (χ2v) is 5.34. The van der Waals surface area contributed by atoms with Gasteiger partial charge in [-0.2, -0.15) is 0 Å². The van der Waals surface area contributed by atoms with E-state index in [2.05, 4.69) is 5.32 Å². The third-order valence-electron chi connectivity index (χ3n) is 2.83. The number of hydrogen-bond donors (Lipinski definition) is 2. The summed E-state index contributed by atoms with van der Waals surface area (Å²) in [4.78, 5) is 11.2. The molecule has 0 radical (unpaired) electrons. The molecule has 1 aromatic rings. The van der Waals surface area contributed by atoms with Crippen molar-refractivity contribution in [1.82, 2.24) is 5.32 Å². The number of benzene rings is 1. The summed E-state index contributed by atoms with van der Waals surface area (Å²) < 4.78 is 0. The largest absolute Gasteiger partial charge is 0.480 e. The summed E-state index contributed by atoms with van der Waals surface area (Å²) in [5.41, 5.74) is 0.925. The first-order valence-electron chi connectivity index (χ1n) is 6.15. The molecule has 18 heavy (non-hydrogen) atoms. The summed E-state index contributed by atoms with van der Waals surface area (Å²) in [6.07, 6.45) is 0.601. The number of hydrogen-bond acceptors (Lipinski definition) is 2. The highest BCUT2D eigenvalue weighted by Crippen LogP contribution is 2.23. The Labute approximate surface area is 113 Å². The SMILES string of the molecule is CC(C)CC(NC(C)c1ccccc1Cl)C(=O)O. The minimum Gasteiger partial charge on any atom is -0.480 e. The second kappa shape index (κ2) is 6.76. The molecular weight excluding hydrogens is 250 g/mol. The van der Waals surface area contributed by atoms with Gasteiger partial charge in [-0.25, -0.2) is 0 Å². The van der Waals surface area contributed by atoms with Crippen LogP contribution in [0.5, 0.6) is 0 Å². The lowest BCUT2D eigenvalue weighted by molar-refractivity contribution is -0.140. The van der Waals surface area contributed by atoms with E-state index >= 15 is 0 Å². The molecule has 0 fully saturated rings. The smallest absolute Gasteiger partial charge is 0.320 e. The zero-order valence-electron chi connectivity index (χ0n) is 11.0. The Morgan fingerprint density at radius 1 is 1.33 bits per heavy atom. The Kier molecular flexibility index (Phi) is 5.63. The first-order valence-corrected chi connectivity index (χ1v) is 6.53. The van der Waals surface area contributed by atoms with E-state index in [4.69, 9.17) is 11.6 Å². The molecule has 0 saturated heterocycles. The van der Waals surface area contributed by atoms with Gasteiger partial charge in [-0.15, -0.1) is 0 Å². The molecule has 2 atom stereocenters. The predicted molar refractivity (Wildman–Crippen MR) is 73.9 cm³/mol.